The molecule has 1 aromatic carbocycles. The Morgan fingerprint density at radius 3 is 2.93 bits per heavy atom. The molecule has 0 amide bonds. The molecule has 1 saturated heterocycles. The highest BCUT2D eigenvalue weighted by atomic mass is 35.5. The standard InChI is InChI=1S/C12H14ClN/c1-2-11-6-7-12(14-11)9-4-3-5-10(13)8-9/h2-5,8,11-12,14H,1,6-7H2. The molecule has 0 aliphatic carbocycles. The second-order valence-corrected chi connectivity index (χ2v) is 4.13. The first-order valence-electron chi connectivity index (χ1n) is 4.93. The quantitative estimate of drug-likeness (QED) is 0.734. The Kier molecular flexibility index (Phi) is 2.90. The van der Waals surface area contributed by atoms with Gasteiger partial charge in [-0.15, -0.1) is 6.58 Å². The molecule has 1 fully saturated rings. The maximum Gasteiger partial charge on any atom is 0.0409 e. The van der Waals surface area contributed by atoms with Crippen LogP contribution in [0.15, 0.2) is 36.9 Å². The van der Waals surface area contributed by atoms with E-state index in [0.29, 0.717) is 12.1 Å². The van der Waals surface area contributed by atoms with Crippen LogP contribution in [-0.4, -0.2) is 6.04 Å². The number of hydrogen-bond donors (Lipinski definition) is 1. The third kappa shape index (κ3) is 1.99. The van der Waals surface area contributed by atoms with Gasteiger partial charge in [0.25, 0.3) is 0 Å². The second-order valence-electron chi connectivity index (χ2n) is 3.69. The summed E-state index contributed by atoms with van der Waals surface area (Å²) in [6.07, 6.45) is 4.31. The van der Waals surface area contributed by atoms with Crippen LogP contribution in [0.25, 0.3) is 0 Å². The second kappa shape index (κ2) is 4.16. The minimum atomic E-state index is 0.441. The number of nitrogens with one attached hydrogen (secondary N) is 1. The summed E-state index contributed by atoms with van der Waals surface area (Å²) in [6.45, 7) is 3.80. The van der Waals surface area contributed by atoms with Gasteiger partial charge in [-0.3, -0.25) is 0 Å². The molecular weight excluding hydrogens is 194 g/mol. The summed E-state index contributed by atoms with van der Waals surface area (Å²) < 4.78 is 0. The first-order valence-corrected chi connectivity index (χ1v) is 5.31. The van der Waals surface area contributed by atoms with Gasteiger partial charge in [-0.25, -0.2) is 0 Å². The van der Waals surface area contributed by atoms with Crippen LogP contribution in [-0.2, 0) is 0 Å². The molecule has 1 heterocycles. The molecule has 0 bridgehead atoms. The minimum Gasteiger partial charge on any atom is -0.304 e. The lowest BCUT2D eigenvalue weighted by atomic mass is 10.1. The number of halogens is 1. The fourth-order valence-electron chi connectivity index (χ4n) is 1.94. The van der Waals surface area contributed by atoms with Gasteiger partial charge in [0.05, 0.1) is 0 Å². The SMILES string of the molecule is C=CC1CCC(c2cccc(Cl)c2)N1. The Balaban J connectivity index is 2.13. The normalized spacial score (nSPS) is 26.4. The fraction of sp³-hybridized carbons (Fsp3) is 0.333. The Hall–Kier alpha value is -0.790. The van der Waals surface area contributed by atoms with Crippen LogP contribution in [0.4, 0.5) is 0 Å². The third-order valence-electron chi connectivity index (χ3n) is 2.72. The van der Waals surface area contributed by atoms with Crippen LogP contribution in [0.2, 0.25) is 5.02 Å². The van der Waals surface area contributed by atoms with Crippen molar-refractivity contribution in [3.05, 3.63) is 47.5 Å². The van der Waals surface area contributed by atoms with Gasteiger partial charge in [0.2, 0.25) is 0 Å². The van der Waals surface area contributed by atoms with E-state index < -0.39 is 0 Å². The van der Waals surface area contributed by atoms with Crippen molar-refractivity contribution in [3.8, 4) is 0 Å². The molecule has 74 valence electrons. The maximum absolute atomic E-state index is 5.95. The topological polar surface area (TPSA) is 12.0 Å². The van der Waals surface area contributed by atoms with Crippen LogP contribution in [0.3, 0.4) is 0 Å². The van der Waals surface area contributed by atoms with Gasteiger partial charge in [0.1, 0.15) is 0 Å². The van der Waals surface area contributed by atoms with E-state index in [9.17, 15) is 0 Å². The molecule has 1 nitrogen and oxygen atoms in total. The first kappa shape index (κ1) is 9.75. The van der Waals surface area contributed by atoms with Crippen molar-refractivity contribution in [3.63, 3.8) is 0 Å². The van der Waals surface area contributed by atoms with Crippen LogP contribution in [0.1, 0.15) is 24.4 Å². The average Bonchev–Trinajstić information content (AvgIpc) is 2.66. The van der Waals surface area contributed by atoms with Crippen molar-refractivity contribution < 1.29 is 0 Å². The highest BCUT2D eigenvalue weighted by molar-refractivity contribution is 6.30. The predicted molar refractivity (Wildman–Crippen MR) is 60.5 cm³/mol. The Morgan fingerprint density at radius 1 is 1.43 bits per heavy atom. The van der Waals surface area contributed by atoms with Gasteiger partial charge in [-0.1, -0.05) is 29.8 Å². The molecule has 0 aromatic heterocycles. The Morgan fingerprint density at radius 2 is 2.29 bits per heavy atom. The third-order valence-corrected chi connectivity index (χ3v) is 2.95. The lowest BCUT2D eigenvalue weighted by molar-refractivity contribution is 0.613. The zero-order valence-corrected chi connectivity index (χ0v) is 8.80. The molecule has 14 heavy (non-hydrogen) atoms. The van der Waals surface area contributed by atoms with E-state index in [1.807, 2.05) is 24.3 Å². The van der Waals surface area contributed by atoms with Crippen molar-refractivity contribution in [1.82, 2.24) is 5.32 Å². The van der Waals surface area contributed by atoms with Crippen molar-refractivity contribution in [2.75, 3.05) is 0 Å². The summed E-state index contributed by atoms with van der Waals surface area (Å²) in [5.74, 6) is 0. The van der Waals surface area contributed by atoms with E-state index in [2.05, 4.69) is 18.0 Å². The van der Waals surface area contributed by atoms with Crippen LogP contribution < -0.4 is 5.32 Å². The van der Waals surface area contributed by atoms with Crippen molar-refractivity contribution in [2.45, 2.75) is 24.9 Å². The van der Waals surface area contributed by atoms with E-state index in [1.165, 1.54) is 12.0 Å². The van der Waals surface area contributed by atoms with Gasteiger partial charge in [-0.05, 0) is 30.5 Å². The molecule has 2 heteroatoms. The summed E-state index contributed by atoms with van der Waals surface area (Å²) in [6, 6.07) is 8.96. The molecule has 1 aliphatic heterocycles. The lowest BCUT2D eigenvalue weighted by Gasteiger charge is -2.12. The first-order chi connectivity index (χ1) is 6.79. The fourth-order valence-corrected chi connectivity index (χ4v) is 2.14. The van der Waals surface area contributed by atoms with E-state index in [1.54, 1.807) is 0 Å². The molecule has 2 atom stereocenters. The predicted octanol–water partition coefficient (Wildman–Crippen LogP) is 3.32. The summed E-state index contributed by atoms with van der Waals surface area (Å²) >= 11 is 5.95. The highest BCUT2D eigenvalue weighted by Crippen LogP contribution is 2.28. The summed E-state index contributed by atoms with van der Waals surface area (Å²) in [5, 5.41) is 4.32. The van der Waals surface area contributed by atoms with Crippen LogP contribution in [0, 0.1) is 0 Å². The minimum absolute atomic E-state index is 0.441. The largest absolute Gasteiger partial charge is 0.304 e. The lowest BCUT2D eigenvalue weighted by Crippen LogP contribution is -2.21. The zero-order valence-electron chi connectivity index (χ0n) is 8.04. The van der Waals surface area contributed by atoms with Gasteiger partial charge in [0, 0.05) is 17.1 Å². The number of benzene rings is 1. The Labute approximate surface area is 89.8 Å². The molecule has 2 unspecified atom stereocenters. The maximum atomic E-state index is 5.95. The van der Waals surface area contributed by atoms with E-state index in [4.69, 9.17) is 11.6 Å². The van der Waals surface area contributed by atoms with Gasteiger partial charge in [0.15, 0.2) is 0 Å². The van der Waals surface area contributed by atoms with Crippen molar-refractivity contribution >= 4 is 11.6 Å². The van der Waals surface area contributed by atoms with Crippen molar-refractivity contribution in [2.24, 2.45) is 0 Å². The molecule has 1 aromatic rings. The highest BCUT2D eigenvalue weighted by Gasteiger charge is 2.22. The number of rotatable bonds is 2. The number of hydrogen-bond acceptors (Lipinski definition) is 1. The van der Waals surface area contributed by atoms with E-state index in [0.717, 1.165) is 11.4 Å². The van der Waals surface area contributed by atoms with E-state index in [-0.39, 0.29) is 0 Å². The molecule has 0 radical (unpaired) electrons. The van der Waals surface area contributed by atoms with Crippen LogP contribution in [0.5, 0.6) is 0 Å². The van der Waals surface area contributed by atoms with Gasteiger partial charge < -0.3 is 5.32 Å². The molecule has 0 saturated carbocycles. The molecule has 1 aliphatic rings. The van der Waals surface area contributed by atoms with Crippen LogP contribution >= 0.6 is 11.6 Å². The average molecular weight is 208 g/mol. The summed E-state index contributed by atoms with van der Waals surface area (Å²) in [5.41, 5.74) is 1.28. The zero-order chi connectivity index (χ0) is 9.97. The van der Waals surface area contributed by atoms with Gasteiger partial charge >= 0.3 is 0 Å². The molecule has 1 N–H and O–H groups in total. The van der Waals surface area contributed by atoms with Gasteiger partial charge in [-0.2, -0.15) is 0 Å². The molecular formula is C12H14ClN. The smallest absolute Gasteiger partial charge is 0.0409 e. The molecule has 0 spiro atoms. The van der Waals surface area contributed by atoms with Crippen molar-refractivity contribution in [1.29, 1.82) is 0 Å². The summed E-state index contributed by atoms with van der Waals surface area (Å²) in [7, 11) is 0. The van der Waals surface area contributed by atoms with E-state index >= 15 is 0 Å². The monoisotopic (exact) mass is 207 g/mol. The Bertz CT molecular complexity index is 335. The summed E-state index contributed by atoms with van der Waals surface area (Å²) in [4.78, 5) is 0. The molecule has 2 rings (SSSR count).